The average molecular weight is 827 g/mol. The van der Waals surface area contributed by atoms with E-state index >= 15 is 0 Å². The van der Waals surface area contributed by atoms with Crippen LogP contribution in [0.1, 0.15) is 111 Å². The molecule has 4 rings (SSSR count). The van der Waals surface area contributed by atoms with Crippen molar-refractivity contribution in [2.24, 2.45) is 11.8 Å². The van der Waals surface area contributed by atoms with Crippen LogP contribution in [-0.4, -0.2) is 70.1 Å². The van der Waals surface area contributed by atoms with E-state index in [4.69, 9.17) is 33.7 Å². The molecule has 3 aromatic rings. The van der Waals surface area contributed by atoms with Crippen LogP contribution in [0.15, 0.2) is 48.8 Å². The van der Waals surface area contributed by atoms with Gasteiger partial charge < -0.3 is 29.2 Å². The third-order valence-corrected chi connectivity index (χ3v) is 11.3. The number of unbranched alkanes of at least 4 members (excludes halogenated alkanes) is 9. The van der Waals surface area contributed by atoms with Crippen LogP contribution >= 0.6 is 7.75 Å². The predicted octanol–water partition coefficient (Wildman–Crippen LogP) is 7.21. The number of ether oxygens (including phenoxy) is 4. The average Bonchev–Trinajstić information content (AvgIpc) is 3.76. The highest BCUT2D eigenvalue weighted by molar-refractivity contribution is 7.52. The SMILES string of the molecule is CCCCCCCCCCCCOC(=O)[C@H](C)N[P@@](=O)(OC[C@H]1O[C@@](C#N)(c2ccc3c(N)ncnn23)[C@H](OC(=O)C(C)C)[C@@H]1OC(=O)C(C)C)Oc1ccccc1. The minimum Gasteiger partial charge on any atom is -0.465 e. The summed E-state index contributed by atoms with van der Waals surface area (Å²) in [6.45, 7) is 9.68. The molecule has 0 saturated carbocycles. The molecule has 318 valence electrons. The summed E-state index contributed by atoms with van der Waals surface area (Å²) in [5.74, 6) is -3.08. The third kappa shape index (κ3) is 12.2. The molecular weight excluding hydrogens is 767 g/mol. The molecule has 16 nitrogen and oxygen atoms in total. The van der Waals surface area contributed by atoms with Crippen molar-refractivity contribution in [3.8, 4) is 11.8 Å². The number of nitrogens with zero attached hydrogens (tertiary/aromatic N) is 4. The first-order valence-corrected chi connectivity index (χ1v) is 21.8. The lowest BCUT2D eigenvalue weighted by Crippen LogP contribution is -2.47. The number of anilines is 1. The number of para-hydroxylation sites is 1. The number of nitrogens with one attached hydrogen (secondary N) is 1. The van der Waals surface area contributed by atoms with Crippen molar-refractivity contribution >= 4 is 37.0 Å². The van der Waals surface area contributed by atoms with Gasteiger partial charge in [-0.15, -0.1) is 0 Å². The number of rotatable bonds is 24. The molecule has 1 aliphatic rings. The van der Waals surface area contributed by atoms with Gasteiger partial charge in [0, 0.05) is 0 Å². The van der Waals surface area contributed by atoms with Gasteiger partial charge in [-0.3, -0.25) is 18.9 Å². The van der Waals surface area contributed by atoms with Crippen molar-refractivity contribution in [1.82, 2.24) is 19.7 Å². The van der Waals surface area contributed by atoms with Crippen LogP contribution in [0.2, 0.25) is 0 Å². The molecular formula is C41H59N6O10P. The molecule has 1 aliphatic heterocycles. The fraction of sp³-hybridized carbons (Fsp3) is 0.610. The zero-order valence-electron chi connectivity index (χ0n) is 34.5. The minimum atomic E-state index is -4.47. The number of carbonyl (C=O) groups is 3. The van der Waals surface area contributed by atoms with Crippen molar-refractivity contribution in [1.29, 1.82) is 5.26 Å². The highest BCUT2D eigenvalue weighted by Gasteiger charge is 2.63. The van der Waals surface area contributed by atoms with Crippen molar-refractivity contribution in [2.75, 3.05) is 18.9 Å². The van der Waals surface area contributed by atoms with E-state index in [0.29, 0.717) is 11.9 Å². The van der Waals surface area contributed by atoms with E-state index in [-0.39, 0.29) is 23.9 Å². The van der Waals surface area contributed by atoms with Gasteiger partial charge in [0.2, 0.25) is 5.60 Å². The number of esters is 3. The Labute approximate surface area is 341 Å². The molecule has 3 N–H and O–H groups in total. The van der Waals surface area contributed by atoms with E-state index in [2.05, 4.69) is 28.2 Å². The normalized spacial score (nSPS) is 20.7. The summed E-state index contributed by atoms with van der Waals surface area (Å²) in [5.41, 5.74) is 4.37. The second kappa shape index (κ2) is 22.0. The molecule has 0 amide bonds. The number of nitrogens with two attached hydrogens (primary N) is 1. The fourth-order valence-electron chi connectivity index (χ4n) is 6.39. The van der Waals surface area contributed by atoms with E-state index in [1.807, 2.05) is 0 Å². The molecule has 0 bridgehead atoms. The van der Waals surface area contributed by atoms with Gasteiger partial charge in [0.15, 0.2) is 18.0 Å². The molecule has 6 atom stereocenters. The van der Waals surface area contributed by atoms with Crippen LogP contribution in [0.3, 0.4) is 0 Å². The number of fused-ring (bicyclic) bond motifs is 1. The number of carbonyl (C=O) groups excluding carboxylic acids is 3. The maximum Gasteiger partial charge on any atom is 0.459 e. The maximum atomic E-state index is 14.6. The zero-order chi connectivity index (χ0) is 42.3. The standard InChI is InChI=1S/C41H59N6O10P/c1-7-8-9-10-11-12-13-14-15-19-24-52-40(50)30(6)46-58(51,57-31-20-17-16-18-21-31)53-25-33-35(54-38(48)28(2)3)36(55-39(49)29(4)5)41(26-42,56-33)34-23-22-32-37(43)44-27-45-47(32)34/h16-18,20-23,27-30,33,35-36H,7-15,19,24-25H2,1-6H3,(H,46,51)(H2,43,44,45)/t30-,33+,35+,36+,41-,58+/m0/s1. The molecule has 1 fully saturated rings. The summed E-state index contributed by atoms with van der Waals surface area (Å²) in [5, 5.41) is 17.8. The molecule has 1 aromatic carbocycles. The van der Waals surface area contributed by atoms with Crippen LogP contribution in [0.4, 0.5) is 5.82 Å². The summed E-state index contributed by atoms with van der Waals surface area (Å²) in [6.07, 6.45) is 8.07. The molecule has 1 saturated heterocycles. The third-order valence-electron chi connectivity index (χ3n) is 9.69. The molecule has 3 heterocycles. The lowest BCUT2D eigenvalue weighted by Gasteiger charge is -2.29. The molecule has 0 spiro atoms. The number of benzene rings is 1. The topological polar surface area (TPSA) is 216 Å². The molecule has 0 aliphatic carbocycles. The predicted molar refractivity (Wildman–Crippen MR) is 215 cm³/mol. The Morgan fingerprint density at radius 2 is 1.53 bits per heavy atom. The van der Waals surface area contributed by atoms with Gasteiger partial charge in [-0.25, -0.2) is 14.1 Å². The Balaban J connectivity index is 1.56. The molecule has 2 aromatic heterocycles. The van der Waals surface area contributed by atoms with Gasteiger partial charge in [0.1, 0.15) is 35.8 Å². The summed E-state index contributed by atoms with van der Waals surface area (Å²) in [6, 6.07) is 12.2. The van der Waals surface area contributed by atoms with Crippen LogP contribution in [0.25, 0.3) is 5.52 Å². The monoisotopic (exact) mass is 826 g/mol. The van der Waals surface area contributed by atoms with Crippen molar-refractivity contribution in [3.05, 3.63) is 54.5 Å². The smallest absolute Gasteiger partial charge is 0.459 e. The van der Waals surface area contributed by atoms with E-state index in [1.54, 1.807) is 64.1 Å². The van der Waals surface area contributed by atoms with Crippen LogP contribution in [-0.2, 0) is 48.0 Å². The first-order valence-electron chi connectivity index (χ1n) is 20.3. The number of hydrogen-bond acceptors (Lipinski definition) is 14. The van der Waals surface area contributed by atoms with Gasteiger partial charge in [0.25, 0.3) is 0 Å². The summed E-state index contributed by atoms with van der Waals surface area (Å²) >= 11 is 0. The number of nitrogen functional groups attached to an aromatic ring is 1. The summed E-state index contributed by atoms with van der Waals surface area (Å²) in [4.78, 5) is 43.6. The van der Waals surface area contributed by atoms with Gasteiger partial charge in [-0.2, -0.15) is 15.4 Å². The fourth-order valence-corrected chi connectivity index (χ4v) is 7.90. The zero-order valence-corrected chi connectivity index (χ0v) is 35.4. The van der Waals surface area contributed by atoms with Crippen molar-refractivity contribution < 1.29 is 46.9 Å². The largest absolute Gasteiger partial charge is 0.465 e. The highest BCUT2D eigenvalue weighted by Crippen LogP contribution is 2.48. The Hall–Kier alpha value is -4.55. The van der Waals surface area contributed by atoms with Crippen LogP contribution < -0.4 is 15.3 Å². The van der Waals surface area contributed by atoms with Gasteiger partial charge in [-0.1, -0.05) is 111 Å². The Morgan fingerprint density at radius 3 is 2.16 bits per heavy atom. The second-order valence-corrected chi connectivity index (χ2v) is 16.8. The van der Waals surface area contributed by atoms with Gasteiger partial charge >= 0.3 is 25.7 Å². The van der Waals surface area contributed by atoms with E-state index < -0.39 is 74.1 Å². The van der Waals surface area contributed by atoms with Crippen LogP contribution in [0, 0.1) is 23.2 Å². The first kappa shape index (κ1) is 46.1. The number of aromatic nitrogens is 3. The van der Waals surface area contributed by atoms with Crippen LogP contribution in [0.5, 0.6) is 5.75 Å². The van der Waals surface area contributed by atoms with Crippen molar-refractivity contribution in [3.63, 3.8) is 0 Å². The highest BCUT2D eigenvalue weighted by atomic mass is 31.2. The molecule has 58 heavy (non-hydrogen) atoms. The lowest BCUT2D eigenvalue weighted by atomic mass is 9.92. The second-order valence-electron chi connectivity index (χ2n) is 15.1. The Morgan fingerprint density at radius 1 is 0.914 bits per heavy atom. The first-order chi connectivity index (χ1) is 27.7. The molecule has 0 unspecified atom stereocenters. The van der Waals surface area contributed by atoms with E-state index in [0.717, 1.165) is 19.3 Å². The minimum absolute atomic E-state index is 0.0920. The van der Waals surface area contributed by atoms with Crippen molar-refractivity contribution in [2.45, 2.75) is 136 Å². The number of nitriles is 1. The quantitative estimate of drug-likeness (QED) is 0.0395. The summed E-state index contributed by atoms with van der Waals surface area (Å²) in [7, 11) is -4.47. The maximum absolute atomic E-state index is 14.6. The van der Waals surface area contributed by atoms with E-state index in [9.17, 15) is 24.2 Å². The van der Waals surface area contributed by atoms with E-state index in [1.165, 1.54) is 62.4 Å². The molecule has 0 radical (unpaired) electrons. The Bertz CT molecular complexity index is 1890. The van der Waals surface area contributed by atoms with Gasteiger partial charge in [0.05, 0.1) is 30.7 Å². The lowest BCUT2D eigenvalue weighted by molar-refractivity contribution is -0.173. The number of hydrogen-bond donors (Lipinski definition) is 2. The summed E-state index contributed by atoms with van der Waals surface area (Å²) < 4.78 is 51.5. The molecule has 17 heteroatoms. The Kier molecular flexibility index (Phi) is 17.5. The van der Waals surface area contributed by atoms with Gasteiger partial charge in [-0.05, 0) is 37.6 Å².